The molecular formula is C20H16FNO5. The van der Waals surface area contributed by atoms with Crippen LogP contribution in [0.5, 0.6) is 11.5 Å². The Labute approximate surface area is 154 Å². The fourth-order valence-electron chi connectivity index (χ4n) is 2.69. The summed E-state index contributed by atoms with van der Waals surface area (Å²) < 4.78 is 34.5. The molecule has 0 radical (unpaired) electrons. The van der Waals surface area contributed by atoms with Crippen LogP contribution in [0.4, 0.5) is 4.39 Å². The zero-order chi connectivity index (χ0) is 18.6. The highest BCUT2D eigenvalue weighted by Gasteiger charge is 2.15. The first-order valence-corrected chi connectivity index (χ1v) is 8.43. The summed E-state index contributed by atoms with van der Waals surface area (Å²) in [6.07, 6.45) is 0.0626. The van der Waals surface area contributed by atoms with Crippen LogP contribution in [0, 0.1) is 5.82 Å². The summed E-state index contributed by atoms with van der Waals surface area (Å²) in [5, 5.41) is 3.92. The molecule has 6 nitrogen and oxygen atoms in total. The second-order valence-corrected chi connectivity index (χ2v) is 6.00. The van der Waals surface area contributed by atoms with Gasteiger partial charge in [0.15, 0.2) is 17.3 Å². The molecule has 0 saturated carbocycles. The van der Waals surface area contributed by atoms with Crippen LogP contribution in [0.2, 0.25) is 0 Å². The maximum Gasteiger partial charge on any atom is 0.310 e. The van der Waals surface area contributed by atoms with Crippen molar-refractivity contribution in [3.63, 3.8) is 0 Å². The zero-order valence-electron chi connectivity index (χ0n) is 14.3. The predicted octanol–water partition coefficient (Wildman–Crippen LogP) is 3.54. The van der Waals surface area contributed by atoms with Crippen molar-refractivity contribution in [3.8, 4) is 22.8 Å². The smallest absolute Gasteiger partial charge is 0.310 e. The Morgan fingerprint density at radius 3 is 2.63 bits per heavy atom. The first-order chi connectivity index (χ1) is 13.2. The third-order valence-corrected chi connectivity index (χ3v) is 4.03. The maximum absolute atomic E-state index is 12.9. The van der Waals surface area contributed by atoms with Gasteiger partial charge in [0.25, 0.3) is 0 Å². The molecule has 0 atom stereocenters. The largest absolute Gasteiger partial charge is 0.486 e. The summed E-state index contributed by atoms with van der Waals surface area (Å²) in [4.78, 5) is 11.9. The summed E-state index contributed by atoms with van der Waals surface area (Å²) in [5.41, 5.74) is 1.96. The standard InChI is InChI=1S/C20H16FNO5/c21-15-4-1-13(2-5-15)9-20(23)26-12-16-11-18(27-22-16)14-3-6-17-19(10-14)25-8-7-24-17/h1-6,10-11H,7-9,12H2. The topological polar surface area (TPSA) is 70.8 Å². The van der Waals surface area contributed by atoms with Gasteiger partial charge < -0.3 is 18.7 Å². The van der Waals surface area contributed by atoms with E-state index in [2.05, 4.69) is 5.16 Å². The molecule has 0 fully saturated rings. The van der Waals surface area contributed by atoms with Gasteiger partial charge in [-0.2, -0.15) is 0 Å². The number of aromatic nitrogens is 1. The van der Waals surface area contributed by atoms with Crippen molar-refractivity contribution in [2.75, 3.05) is 13.2 Å². The van der Waals surface area contributed by atoms with Crippen molar-refractivity contribution >= 4 is 5.97 Å². The lowest BCUT2D eigenvalue weighted by Gasteiger charge is -2.18. The molecule has 0 aliphatic carbocycles. The number of carbonyl (C=O) groups excluding carboxylic acids is 1. The van der Waals surface area contributed by atoms with Crippen LogP contribution in [0.3, 0.4) is 0 Å². The van der Waals surface area contributed by atoms with E-state index < -0.39 is 5.97 Å². The van der Waals surface area contributed by atoms with Gasteiger partial charge in [-0.3, -0.25) is 4.79 Å². The fraction of sp³-hybridized carbons (Fsp3) is 0.200. The number of benzene rings is 2. The van der Waals surface area contributed by atoms with Gasteiger partial charge >= 0.3 is 5.97 Å². The van der Waals surface area contributed by atoms with E-state index in [4.69, 9.17) is 18.7 Å². The normalized spacial score (nSPS) is 12.6. The molecule has 0 N–H and O–H groups in total. The molecule has 1 aliphatic rings. The molecule has 0 bridgehead atoms. The highest BCUT2D eigenvalue weighted by atomic mass is 19.1. The molecule has 2 aromatic carbocycles. The molecular weight excluding hydrogens is 353 g/mol. The molecule has 0 saturated heterocycles. The van der Waals surface area contributed by atoms with E-state index in [-0.39, 0.29) is 18.8 Å². The van der Waals surface area contributed by atoms with Crippen LogP contribution in [-0.4, -0.2) is 24.3 Å². The number of halogens is 1. The van der Waals surface area contributed by atoms with Crippen molar-refractivity contribution < 1.29 is 27.9 Å². The van der Waals surface area contributed by atoms with Gasteiger partial charge in [0, 0.05) is 11.6 Å². The molecule has 0 spiro atoms. The zero-order valence-corrected chi connectivity index (χ0v) is 14.3. The fourth-order valence-corrected chi connectivity index (χ4v) is 2.69. The summed E-state index contributed by atoms with van der Waals surface area (Å²) in [5.74, 6) is 1.12. The molecule has 138 valence electrons. The average molecular weight is 369 g/mol. The number of hydrogen-bond donors (Lipinski definition) is 0. The van der Waals surface area contributed by atoms with Crippen molar-refractivity contribution in [2.24, 2.45) is 0 Å². The lowest BCUT2D eigenvalue weighted by Crippen LogP contribution is -2.15. The second kappa shape index (κ2) is 7.49. The van der Waals surface area contributed by atoms with Crippen molar-refractivity contribution in [1.29, 1.82) is 0 Å². The van der Waals surface area contributed by atoms with E-state index >= 15 is 0 Å². The minimum absolute atomic E-state index is 0.00587. The van der Waals surface area contributed by atoms with E-state index in [9.17, 15) is 9.18 Å². The van der Waals surface area contributed by atoms with E-state index in [1.807, 2.05) is 18.2 Å². The first kappa shape index (κ1) is 17.1. The van der Waals surface area contributed by atoms with E-state index in [0.29, 0.717) is 41.7 Å². The number of carbonyl (C=O) groups is 1. The highest BCUT2D eigenvalue weighted by molar-refractivity contribution is 5.72. The molecule has 7 heteroatoms. The van der Waals surface area contributed by atoms with Gasteiger partial charge in [0.05, 0.1) is 6.42 Å². The van der Waals surface area contributed by atoms with E-state index in [1.165, 1.54) is 12.1 Å². The van der Waals surface area contributed by atoms with Gasteiger partial charge in [-0.1, -0.05) is 17.3 Å². The molecule has 3 aromatic rings. The molecule has 1 aromatic heterocycles. The van der Waals surface area contributed by atoms with Crippen molar-refractivity contribution in [1.82, 2.24) is 5.16 Å². The third-order valence-electron chi connectivity index (χ3n) is 4.03. The SMILES string of the molecule is O=C(Cc1ccc(F)cc1)OCc1cc(-c2ccc3c(c2)OCCO3)on1. The van der Waals surface area contributed by atoms with Gasteiger partial charge in [0.1, 0.15) is 31.3 Å². The molecule has 0 unspecified atom stereocenters. The van der Waals surface area contributed by atoms with Crippen LogP contribution in [0.1, 0.15) is 11.3 Å². The van der Waals surface area contributed by atoms with E-state index in [1.54, 1.807) is 18.2 Å². The van der Waals surface area contributed by atoms with E-state index in [0.717, 1.165) is 5.56 Å². The van der Waals surface area contributed by atoms with Gasteiger partial charge in [-0.25, -0.2) is 4.39 Å². The Kier molecular flexibility index (Phi) is 4.74. The quantitative estimate of drug-likeness (QED) is 0.641. The Hall–Kier alpha value is -3.35. The first-order valence-electron chi connectivity index (χ1n) is 8.43. The van der Waals surface area contributed by atoms with Gasteiger partial charge in [-0.15, -0.1) is 0 Å². The Bertz CT molecular complexity index is 951. The van der Waals surface area contributed by atoms with Gasteiger partial charge in [-0.05, 0) is 35.9 Å². The Balaban J connectivity index is 1.36. The maximum atomic E-state index is 12.9. The summed E-state index contributed by atoms with van der Waals surface area (Å²) in [6, 6.07) is 12.9. The van der Waals surface area contributed by atoms with Crippen LogP contribution in [0.25, 0.3) is 11.3 Å². The number of fused-ring (bicyclic) bond motifs is 1. The van der Waals surface area contributed by atoms with Crippen molar-refractivity contribution in [3.05, 3.63) is 65.6 Å². The van der Waals surface area contributed by atoms with Crippen LogP contribution in [-0.2, 0) is 22.6 Å². The minimum atomic E-state index is -0.425. The number of hydrogen-bond acceptors (Lipinski definition) is 6. The predicted molar refractivity (Wildman–Crippen MR) is 92.8 cm³/mol. The second-order valence-electron chi connectivity index (χ2n) is 6.00. The third kappa shape index (κ3) is 4.08. The number of ether oxygens (including phenoxy) is 3. The molecule has 0 amide bonds. The Morgan fingerprint density at radius 1 is 1.04 bits per heavy atom. The molecule has 1 aliphatic heterocycles. The lowest BCUT2D eigenvalue weighted by molar-refractivity contribution is -0.144. The molecule has 27 heavy (non-hydrogen) atoms. The number of nitrogens with zero attached hydrogens (tertiary/aromatic N) is 1. The summed E-state index contributed by atoms with van der Waals surface area (Å²) >= 11 is 0. The molecule has 2 heterocycles. The number of esters is 1. The van der Waals surface area contributed by atoms with Gasteiger partial charge in [0.2, 0.25) is 0 Å². The highest BCUT2D eigenvalue weighted by Crippen LogP contribution is 2.34. The minimum Gasteiger partial charge on any atom is -0.486 e. The Morgan fingerprint density at radius 2 is 1.81 bits per heavy atom. The average Bonchev–Trinajstić information content (AvgIpc) is 3.17. The van der Waals surface area contributed by atoms with Crippen LogP contribution >= 0.6 is 0 Å². The summed E-state index contributed by atoms with van der Waals surface area (Å²) in [7, 11) is 0. The van der Waals surface area contributed by atoms with Crippen LogP contribution < -0.4 is 9.47 Å². The molecule has 4 rings (SSSR count). The van der Waals surface area contributed by atoms with Crippen molar-refractivity contribution in [2.45, 2.75) is 13.0 Å². The number of rotatable bonds is 5. The summed E-state index contributed by atoms with van der Waals surface area (Å²) in [6.45, 7) is 1.03. The van der Waals surface area contributed by atoms with Crippen LogP contribution in [0.15, 0.2) is 53.1 Å². The monoisotopic (exact) mass is 369 g/mol. The lowest BCUT2D eigenvalue weighted by atomic mass is 10.1.